The summed E-state index contributed by atoms with van der Waals surface area (Å²) in [5.74, 6) is 0. The van der Waals surface area contributed by atoms with Crippen molar-refractivity contribution in [1.82, 2.24) is 0 Å². The molecule has 0 bridgehead atoms. The fourth-order valence-electron chi connectivity index (χ4n) is 3.31. The predicted molar refractivity (Wildman–Crippen MR) is 119 cm³/mol. The summed E-state index contributed by atoms with van der Waals surface area (Å²) < 4.78 is 16.0. The lowest BCUT2D eigenvalue weighted by Crippen LogP contribution is -2.42. The topological polar surface area (TPSA) is 66.8 Å². The molecule has 0 atom stereocenters. The first-order valence-electron chi connectivity index (χ1n) is 11.4. The number of hydrogen-bond donors (Lipinski definition) is 2. The number of likely N-dealkylation sites (N-methyl/N-ethyl adjacent to an activating group) is 1. The van der Waals surface area contributed by atoms with Crippen LogP contribution in [0.1, 0.15) is 96.8 Å². The Kier molecular flexibility index (Phi) is 17.5. The van der Waals surface area contributed by atoms with Gasteiger partial charge in [0.05, 0.1) is 20.6 Å². The number of nitrogens with zero attached hydrogens (tertiary/aromatic N) is 1. The second kappa shape index (κ2) is 17.7. The zero-order valence-electron chi connectivity index (χ0n) is 18.8. The molecule has 0 saturated carbocycles. The van der Waals surface area contributed by atoms with Crippen molar-refractivity contribution >= 4 is 7.82 Å². The van der Waals surface area contributed by atoms with E-state index in [0.29, 0.717) is 6.54 Å². The molecular formula is C22H47NO4P+. The summed E-state index contributed by atoms with van der Waals surface area (Å²) in [6.07, 6.45) is 23.0. The predicted octanol–water partition coefficient (Wildman–Crippen LogP) is 6.21. The van der Waals surface area contributed by atoms with Crippen molar-refractivity contribution in [2.24, 2.45) is 0 Å². The van der Waals surface area contributed by atoms with Gasteiger partial charge in [-0.2, -0.15) is 0 Å². The third-order valence-corrected chi connectivity index (χ3v) is 5.75. The van der Waals surface area contributed by atoms with Crippen LogP contribution in [-0.2, 0) is 9.09 Å². The third-order valence-electron chi connectivity index (χ3n) is 5.23. The van der Waals surface area contributed by atoms with Crippen molar-refractivity contribution in [3.05, 3.63) is 12.2 Å². The smallest absolute Gasteiger partial charge is 0.327 e. The van der Waals surface area contributed by atoms with E-state index in [9.17, 15) is 4.57 Å². The van der Waals surface area contributed by atoms with E-state index in [0.717, 1.165) is 17.4 Å². The molecule has 28 heavy (non-hydrogen) atoms. The van der Waals surface area contributed by atoms with Crippen molar-refractivity contribution < 1.29 is 23.4 Å². The third kappa shape index (κ3) is 22.1. The summed E-state index contributed by atoms with van der Waals surface area (Å²) in [7, 11) is -0.163. The quantitative estimate of drug-likeness (QED) is 0.106. The van der Waals surface area contributed by atoms with Crippen molar-refractivity contribution in [2.45, 2.75) is 96.8 Å². The molecule has 0 radical (unpaired) electrons. The molecule has 0 heterocycles. The fraction of sp³-hybridized carbons (Fsp3) is 0.909. The lowest BCUT2D eigenvalue weighted by Gasteiger charge is -2.29. The van der Waals surface area contributed by atoms with Gasteiger partial charge in [0.25, 0.3) is 0 Å². The van der Waals surface area contributed by atoms with Crippen LogP contribution < -0.4 is 0 Å². The summed E-state index contributed by atoms with van der Waals surface area (Å²) in [5.41, 5.74) is 0. The van der Waals surface area contributed by atoms with Crippen molar-refractivity contribution in [1.29, 1.82) is 0 Å². The summed E-state index contributed by atoms with van der Waals surface area (Å²) >= 11 is 0. The van der Waals surface area contributed by atoms with E-state index in [4.69, 9.17) is 9.79 Å². The van der Waals surface area contributed by atoms with Gasteiger partial charge in [-0.3, -0.25) is 4.52 Å². The van der Waals surface area contributed by atoms with Gasteiger partial charge in [-0.1, -0.05) is 70.4 Å². The number of rotatable bonds is 20. The van der Waals surface area contributed by atoms with Crippen LogP contribution >= 0.6 is 7.82 Å². The Morgan fingerprint density at radius 3 is 1.71 bits per heavy atom. The number of allylic oxidation sites excluding steroid dienone is 2. The van der Waals surface area contributed by atoms with Gasteiger partial charge in [-0.25, -0.2) is 4.57 Å². The number of hydrogen-bond acceptors (Lipinski definition) is 2. The summed E-state index contributed by atoms with van der Waals surface area (Å²) in [5, 5.41) is 0. The highest BCUT2D eigenvalue weighted by Gasteiger charge is 2.19. The van der Waals surface area contributed by atoms with Crippen molar-refractivity contribution in [3.8, 4) is 0 Å². The van der Waals surface area contributed by atoms with Crippen LogP contribution in [0.5, 0.6) is 0 Å². The molecule has 0 fully saturated rings. The molecule has 0 aliphatic rings. The zero-order chi connectivity index (χ0) is 21.1. The molecule has 6 heteroatoms. The van der Waals surface area contributed by atoms with E-state index >= 15 is 0 Å². The number of phosphoric acid groups is 1. The van der Waals surface area contributed by atoms with Crippen LogP contribution in [0.3, 0.4) is 0 Å². The Morgan fingerprint density at radius 1 is 0.750 bits per heavy atom. The highest BCUT2D eigenvalue weighted by atomic mass is 31.2. The van der Waals surface area contributed by atoms with Crippen molar-refractivity contribution in [2.75, 3.05) is 33.8 Å². The number of quaternary nitrogens is 1. The highest BCUT2D eigenvalue weighted by Crippen LogP contribution is 2.35. The molecule has 2 N–H and O–H groups in total. The zero-order valence-corrected chi connectivity index (χ0v) is 19.7. The van der Waals surface area contributed by atoms with Gasteiger partial charge in [-0.05, 0) is 38.5 Å². The van der Waals surface area contributed by atoms with E-state index in [-0.39, 0.29) is 6.61 Å². The monoisotopic (exact) mass is 420 g/mol. The minimum Gasteiger partial charge on any atom is -0.327 e. The molecule has 0 aliphatic heterocycles. The Hall–Kier alpha value is -0.190. The van der Waals surface area contributed by atoms with Crippen LogP contribution in [0.4, 0.5) is 0 Å². The summed E-state index contributed by atoms with van der Waals surface area (Å²) in [6, 6.07) is 0. The van der Waals surface area contributed by atoms with E-state index < -0.39 is 7.82 Å². The molecule has 0 spiro atoms. The number of unbranched alkanes of at least 4 members (excludes halogenated alkanes) is 12. The molecule has 0 amide bonds. The van der Waals surface area contributed by atoms with Crippen LogP contribution in [-0.4, -0.2) is 48.1 Å². The second-order valence-corrected chi connectivity index (χ2v) is 9.88. The second-order valence-electron chi connectivity index (χ2n) is 8.64. The van der Waals surface area contributed by atoms with Crippen LogP contribution in [0.25, 0.3) is 0 Å². The largest absolute Gasteiger partial charge is 0.469 e. The standard InChI is InChI=1S/C22H46NO4P/c1-4-5-6-7-8-9-10-11-12-13-14-15-16-17-18-19-20-23(2,3)21-22-27-28(24,25)26/h11-12H,4-10,13-22H2,1-3H3,(H-,24,25,26)/p+1/b12-11-. The lowest BCUT2D eigenvalue weighted by molar-refractivity contribution is -0.890. The first-order chi connectivity index (χ1) is 13.3. The van der Waals surface area contributed by atoms with Crippen LogP contribution in [0.15, 0.2) is 12.2 Å². The maximum absolute atomic E-state index is 10.7. The fourth-order valence-corrected chi connectivity index (χ4v) is 3.63. The minimum absolute atomic E-state index is 0.101. The van der Waals surface area contributed by atoms with E-state index in [1.165, 1.54) is 83.5 Å². The first kappa shape index (κ1) is 27.8. The lowest BCUT2D eigenvalue weighted by atomic mass is 10.1. The van der Waals surface area contributed by atoms with E-state index in [2.05, 4.69) is 37.7 Å². The Bertz CT molecular complexity index is 421. The SMILES string of the molecule is CCCCCCCC/C=C\CCCCCCCC[N+](C)(C)CCOP(=O)(O)O. The summed E-state index contributed by atoms with van der Waals surface area (Å²) in [6.45, 7) is 4.01. The van der Waals surface area contributed by atoms with Gasteiger partial charge in [0, 0.05) is 0 Å². The van der Waals surface area contributed by atoms with Crippen molar-refractivity contribution in [3.63, 3.8) is 0 Å². The van der Waals surface area contributed by atoms with E-state index in [1.807, 2.05) is 0 Å². The van der Waals surface area contributed by atoms with E-state index in [1.54, 1.807) is 0 Å². The molecule has 0 aromatic rings. The molecule has 0 saturated heterocycles. The van der Waals surface area contributed by atoms with Crippen LogP contribution in [0.2, 0.25) is 0 Å². The molecule has 0 unspecified atom stereocenters. The molecule has 168 valence electrons. The highest BCUT2D eigenvalue weighted by molar-refractivity contribution is 7.46. The maximum Gasteiger partial charge on any atom is 0.469 e. The minimum atomic E-state index is -4.33. The number of phosphoric ester groups is 1. The molecule has 0 aromatic heterocycles. The van der Waals surface area contributed by atoms with Crippen LogP contribution in [0, 0.1) is 0 Å². The van der Waals surface area contributed by atoms with Gasteiger partial charge >= 0.3 is 7.82 Å². The molecule has 0 aliphatic carbocycles. The van der Waals surface area contributed by atoms with Gasteiger partial charge in [0.15, 0.2) is 0 Å². The molecular weight excluding hydrogens is 373 g/mol. The summed E-state index contributed by atoms with van der Waals surface area (Å²) in [4.78, 5) is 17.4. The van der Waals surface area contributed by atoms with Gasteiger partial charge < -0.3 is 14.3 Å². The molecule has 5 nitrogen and oxygen atoms in total. The van der Waals surface area contributed by atoms with Gasteiger partial charge in [0.1, 0.15) is 13.2 Å². The Balaban J connectivity index is 3.38. The maximum atomic E-state index is 10.7. The Morgan fingerprint density at radius 2 is 1.21 bits per heavy atom. The first-order valence-corrected chi connectivity index (χ1v) is 13.0. The normalized spacial score (nSPS) is 12.9. The Labute approximate surface area is 174 Å². The molecule has 0 aromatic carbocycles. The van der Waals surface area contributed by atoms with Gasteiger partial charge in [0.2, 0.25) is 0 Å². The van der Waals surface area contributed by atoms with Gasteiger partial charge in [-0.15, -0.1) is 0 Å². The average Bonchev–Trinajstić information content (AvgIpc) is 2.60. The molecule has 0 rings (SSSR count). The average molecular weight is 421 g/mol.